The molecule has 0 aliphatic heterocycles. The van der Waals surface area contributed by atoms with Crippen LogP contribution in [0.2, 0.25) is 0 Å². The second kappa shape index (κ2) is 10.5. The molecular formula is C25H23BrFN3O3S. The monoisotopic (exact) mass is 543 g/mol. The topological polar surface area (TPSA) is 91.1 Å². The molecule has 1 unspecified atom stereocenters. The number of fused-ring (bicyclic) bond motifs is 1. The van der Waals surface area contributed by atoms with Gasteiger partial charge in [-0.15, -0.1) is 0 Å². The Balaban J connectivity index is 1.53. The summed E-state index contributed by atoms with van der Waals surface area (Å²) < 4.78 is 42.5. The first-order chi connectivity index (χ1) is 16.3. The number of halogens is 2. The van der Waals surface area contributed by atoms with E-state index in [2.05, 4.69) is 31.0 Å². The number of benzene rings is 3. The Hall–Kier alpha value is -3.01. The predicted molar refractivity (Wildman–Crippen MR) is 133 cm³/mol. The zero-order valence-electron chi connectivity index (χ0n) is 18.1. The van der Waals surface area contributed by atoms with Crippen molar-refractivity contribution in [3.8, 4) is 0 Å². The van der Waals surface area contributed by atoms with Gasteiger partial charge in [-0.1, -0.05) is 46.3 Å². The maximum absolute atomic E-state index is 13.1. The SMILES string of the molecule is O=C(NCCc1ccc(F)cc1)C(Cc1c[nH]c2ccccc12)NS(=O)(=O)c1ccc(Br)cc1. The highest BCUT2D eigenvalue weighted by Gasteiger charge is 2.27. The lowest BCUT2D eigenvalue weighted by molar-refractivity contribution is -0.122. The van der Waals surface area contributed by atoms with Crippen molar-refractivity contribution < 1.29 is 17.6 Å². The van der Waals surface area contributed by atoms with Crippen LogP contribution in [0.4, 0.5) is 4.39 Å². The van der Waals surface area contributed by atoms with Gasteiger partial charge in [0.25, 0.3) is 0 Å². The normalized spacial score (nSPS) is 12.5. The first-order valence-electron chi connectivity index (χ1n) is 10.7. The van der Waals surface area contributed by atoms with Crippen molar-refractivity contribution in [1.29, 1.82) is 0 Å². The van der Waals surface area contributed by atoms with Crippen LogP contribution in [0.1, 0.15) is 11.1 Å². The molecule has 3 N–H and O–H groups in total. The quantitative estimate of drug-likeness (QED) is 0.293. The zero-order chi connectivity index (χ0) is 24.1. The Bertz CT molecular complexity index is 1390. The highest BCUT2D eigenvalue weighted by molar-refractivity contribution is 9.10. The van der Waals surface area contributed by atoms with Crippen molar-refractivity contribution in [2.75, 3.05) is 6.54 Å². The lowest BCUT2D eigenvalue weighted by atomic mass is 10.0. The smallest absolute Gasteiger partial charge is 0.241 e. The van der Waals surface area contributed by atoms with Crippen molar-refractivity contribution in [1.82, 2.24) is 15.0 Å². The molecule has 4 rings (SSSR count). The van der Waals surface area contributed by atoms with E-state index < -0.39 is 22.0 Å². The number of carbonyl (C=O) groups is 1. The van der Waals surface area contributed by atoms with Gasteiger partial charge < -0.3 is 10.3 Å². The van der Waals surface area contributed by atoms with Gasteiger partial charge in [0.1, 0.15) is 11.9 Å². The third-order valence-electron chi connectivity index (χ3n) is 5.46. The lowest BCUT2D eigenvalue weighted by Crippen LogP contribution is -2.48. The van der Waals surface area contributed by atoms with Gasteiger partial charge in [-0.2, -0.15) is 4.72 Å². The maximum Gasteiger partial charge on any atom is 0.241 e. The Morgan fingerprint density at radius 3 is 2.44 bits per heavy atom. The van der Waals surface area contributed by atoms with Crippen molar-refractivity contribution in [2.24, 2.45) is 0 Å². The van der Waals surface area contributed by atoms with E-state index in [1.807, 2.05) is 24.3 Å². The van der Waals surface area contributed by atoms with Crippen molar-refractivity contribution in [3.63, 3.8) is 0 Å². The fraction of sp³-hybridized carbons (Fsp3) is 0.160. The first kappa shape index (κ1) is 24.1. The van der Waals surface area contributed by atoms with Gasteiger partial charge in [0, 0.05) is 28.1 Å². The van der Waals surface area contributed by atoms with Gasteiger partial charge in [-0.05, 0) is 66.4 Å². The van der Waals surface area contributed by atoms with Crippen LogP contribution in [0.5, 0.6) is 0 Å². The summed E-state index contributed by atoms with van der Waals surface area (Å²) >= 11 is 3.30. The summed E-state index contributed by atoms with van der Waals surface area (Å²) in [5.74, 6) is -0.762. The van der Waals surface area contributed by atoms with Gasteiger partial charge >= 0.3 is 0 Å². The number of amides is 1. The number of hydrogen-bond acceptors (Lipinski definition) is 3. The molecule has 0 bridgehead atoms. The van der Waals surface area contributed by atoms with Crippen LogP contribution in [0.15, 0.2) is 88.4 Å². The van der Waals surface area contributed by atoms with Crippen molar-refractivity contribution in [3.05, 3.63) is 100 Å². The molecule has 9 heteroatoms. The van der Waals surface area contributed by atoms with Gasteiger partial charge in [-0.3, -0.25) is 4.79 Å². The average Bonchev–Trinajstić information content (AvgIpc) is 3.23. The molecule has 34 heavy (non-hydrogen) atoms. The summed E-state index contributed by atoms with van der Waals surface area (Å²) in [5, 5.41) is 3.74. The number of carbonyl (C=O) groups excluding carboxylic acids is 1. The van der Waals surface area contributed by atoms with Crippen LogP contribution < -0.4 is 10.0 Å². The molecule has 0 aliphatic carbocycles. The molecule has 176 valence electrons. The highest BCUT2D eigenvalue weighted by atomic mass is 79.9. The summed E-state index contributed by atoms with van der Waals surface area (Å²) in [6.07, 6.45) is 2.45. The highest BCUT2D eigenvalue weighted by Crippen LogP contribution is 2.20. The minimum Gasteiger partial charge on any atom is -0.361 e. The summed E-state index contributed by atoms with van der Waals surface area (Å²) in [6, 6.07) is 18.9. The number of rotatable bonds is 9. The standard InChI is InChI=1S/C25H23BrFN3O3S/c26-19-7-11-21(12-8-19)34(32,33)30-24(15-18-16-29-23-4-2-1-3-22(18)23)25(31)28-14-13-17-5-9-20(27)10-6-17/h1-12,16,24,29-30H,13-15H2,(H,28,31). The summed E-state index contributed by atoms with van der Waals surface area (Å²) in [5.41, 5.74) is 2.60. The summed E-state index contributed by atoms with van der Waals surface area (Å²) in [4.78, 5) is 16.3. The molecular weight excluding hydrogens is 521 g/mol. The van der Waals surface area contributed by atoms with Crippen molar-refractivity contribution in [2.45, 2.75) is 23.8 Å². The van der Waals surface area contributed by atoms with E-state index in [1.165, 1.54) is 24.3 Å². The Labute approximate surface area is 205 Å². The molecule has 1 aromatic heterocycles. The molecule has 0 radical (unpaired) electrons. The molecule has 1 atom stereocenters. The van der Waals surface area contributed by atoms with E-state index >= 15 is 0 Å². The number of aromatic amines is 1. The molecule has 4 aromatic rings. The molecule has 0 saturated carbocycles. The van der Waals surface area contributed by atoms with Crippen molar-refractivity contribution >= 4 is 42.8 Å². The number of para-hydroxylation sites is 1. The van der Waals surface area contributed by atoms with Gasteiger partial charge in [-0.25, -0.2) is 12.8 Å². The molecule has 1 heterocycles. The molecule has 3 aromatic carbocycles. The predicted octanol–water partition coefficient (Wildman–Crippen LogP) is 4.32. The zero-order valence-corrected chi connectivity index (χ0v) is 20.5. The fourth-order valence-corrected chi connectivity index (χ4v) is 5.14. The van der Waals surface area contributed by atoms with E-state index in [9.17, 15) is 17.6 Å². The maximum atomic E-state index is 13.1. The van der Waals surface area contributed by atoms with Crippen LogP contribution in [0, 0.1) is 5.82 Å². The van der Waals surface area contributed by atoms with E-state index in [0.717, 1.165) is 26.5 Å². The minimum absolute atomic E-state index is 0.0683. The lowest BCUT2D eigenvalue weighted by Gasteiger charge is -2.19. The van der Waals surface area contributed by atoms with Crippen LogP contribution in [0.3, 0.4) is 0 Å². The largest absolute Gasteiger partial charge is 0.361 e. The van der Waals surface area contributed by atoms with Gasteiger partial charge in [0.15, 0.2) is 0 Å². The van der Waals surface area contributed by atoms with Crippen LogP contribution in [-0.4, -0.2) is 31.9 Å². The van der Waals surface area contributed by atoms with Crippen LogP contribution >= 0.6 is 15.9 Å². The van der Waals surface area contributed by atoms with Gasteiger partial charge in [0.05, 0.1) is 4.90 Å². The van der Waals surface area contributed by atoms with E-state index in [1.54, 1.807) is 30.5 Å². The third-order valence-corrected chi connectivity index (χ3v) is 7.48. The summed E-state index contributed by atoms with van der Waals surface area (Å²) in [6.45, 7) is 0.287. The Kier molecular flexibility index (Phi) is 7.45. The fourth-order valence-electron chi connectivity index (χ4n) is 3.68. The number of hydrogen-bond donors (Lipinski definition) is 3. The van der Waals surface area contributed by atoms with E-state index in [0.29, 0.717) is 6.42 Å². The molecule has 1 amide bonds. The second-order valence-corrected chi connectivity index (χ2v) is 10.5. The molecule has 6 nitrogen and oxygen atoms in total. The Morgan fingerprint density at radius 1 is 1.00 bits per heavy atom. The first-order valence-corrected chi connectivity index (χ1v) is 12.9. The number of aromatic nitrogens is 1. The van der Waals surface area contributed by atoms with Gasteiger partial charge in [0.2, 0.25) is 15.9 Å². The minimum atomic E-state index is -3.94. The third kappa shape index (κ3) is 5.91. The second-order valence-electron chi connectivity index (χ2n) is 7.86. The molecule has 0 spiro atoms. The Morgan fingerprint density at radius 2 is 1.71 bits per heavy atom. The van der Waals surface area contributed by atoms with E-state index in [4.69, 9.17) is 0 Å². The van der Waals surface area contributed by atoms with Crippen LogP contribution in [0.25, 0.3) is 10.9 Å². The molecule has 0 aliphatic rings. The van der Waals surface area contributed by atoms with Crippen LogP contribution in [-0.2, 0) is 27.7 Å². The number of H-pyrrole nitrogens is 1. The molecule has 0 saturated heterocycles. The number of sulfonamides is 1. The average molecular weight is 544 g/mol. The number of nitrogens with one attached hydrogen (secondary N) is 3. The van der Waals surface area contributed by atoms with E-state index in [-0.39, 0.29) is 23.7 Å². The summed E-state index contributed by atoms with van der Waals surface area (Å²) in [7, 11) is -3.94. The molecule has 0 fully saturated rings.